The van der Waals surface area contributed by atoms with Crippen LogP contribution in [0.15, 0.2) is 23.7 Å². The summed E-state index contributed by atoms with van der Waals surface area (Å²) in [6.45, 7) is 0. The minimum atomic E-state index is -2.70. The van der Waals surface area contributed by atoms with Crippen LogP contribution in [0.1, 0.15) is 23.3 Å². The lowest BCUT2D eigenvalue weighted by Gasteiger charge is -2.19. The van der Waals surface area contributed by atoms with Gasteiger partial charge in [0, 0.05) is 18.9 Å². The van der Waals surface area contributed by atoms with Crippen molar-refractivity contribution in [3.8, 4) is 0 Å². The standard InChI is InChI=1S/C14H14FN5O5S2/c15-8-5-7(1-2-9(8)19-11(21)4-3-10(16)17)20(27(24)25)13-12(14(22)23)18-6-26-13/h1-2,5-6H,3-4H2,(H3,16,17)(H,19,21)(H,22,23)(H,24,25). The Morgan fingerprint density at radius 1 is 1.41 bits per heavy atom. The molecule has 144 valence electrons. The van der Waals surface area contributed by atoms with Gasteiger partial charge in [0.25, 0.3) is 11.3 Å². The van der Waals surface area contributed by atoms with Gasteiger partial charge in [0.15, 0.2) is 5.69 Å². The molecule has 1 aromatic heterocycles. The zero-order valence-electron chi connectivity index (χ0n) is 13.5. The molecular formula is C14H14FN5O5S2. The van der Waals surface area contributed by atoms with Crippen LogP contribution in [0.4, 0.5) is 20.8 Å². The van der Waals surface area contributed by atoms with Gasteiger partial charge in [-0.05, 0) is 12.1 Å². The number of hydrogen-bond donors (Lipinski definition) is 5. The summed E-state index contributed by atoms with van der Waals surface area (Å²) in [5.41, 5.74) is 5.58. The monoisotopic (exact) mass is 415 g/mol. The smallest absolute Gasteiger partial charge is 0.357 e. The number of carboxylic acid groups (broad SMARTS) is 1. The van der Waals surface area contributed by atoms with Gasteiger partial charge in [0.2, 0.25) is 5.91 Å². The number of anilines is 3. The average Bonchev–Trinajstić information content (AvgIpc) is 3.04. The van der Waals surface area contributed by atoms with E-state index in [4.69, 9.17) is 16.2 Å². The number of nitrogens with two attached hydrogens (primary N) is 1. The Labute approximate surface area is 158 Å². The van der Waals surface area contributed by atoms with Crippen LogP contribution < -0.4 is 15.4 Å². The highest BCUT2D eigenvalue weighted by molar-refractivity contribution is 7.81. The van der Waals surface area contributed by atoms with Gasteiger partial charge in [-0.1, -0.05) is 0 Å². The molecule has 0 saturated heterocycles. The number of carbonyl (C=O) groups is 2. The average molecular weight is 415 g/mol. The Balaban J connectivity index is 2.29. The second kappa shape index (κ2) is 8.66. The van der Waals surface area contributed by atoms with E-state index < -0.39 is 34.7 Å². The highest BCUT2D eigenvalue weighted by Gasteiger charge is 2.25. The topological polar surface area (TPSA) is 170 Å². The summed E-state index contributed by atoms with van der Waals surface area (Å²) >= 11 is -1.90. The number of carbonyl (C=O) groups excluding carboxylic acids is 1. The first-order chi connectivity index (χ1) is 12.7. The van der Waals surface area contributed by atoms with Gasteiger partial charge in [0.1, 0.15) is 10.8 Å². The molecule has 2 aromatic rings. The highest BCUT2D eigenvalue weighted by atomic mass is 32.2. The van der Waals surface area contributed by atoms with Gasteiger partial charge < -0.3 is 16.2 Å². The number of rotatable bonds is 8. The van der Waals surface area contributed by atoms with Gasteiger partial charge in [0.05, 0.1) is 22.7 Å². The van der Waals surface area contributed by atoms with Crippen molar-refractivity contribution in [1.29, 1.82) is 5.41 Å². The van der Waals surface area contributed by atoms with E-state index in [0.29, 0.717) is 4.31 Å². The van der Waals surface area contributed by atoms with E-state index in [1.165, 1.54) is 11.6 Å². The molecule has 1 unspecified atom stereocenters. The Hall–Kier alpha value is -2.90. The Bertz CT molecular complexity index is 919. The number of amides is 1. The maximum Gasteiger partial charge on any atom is 0.357 e. The first-order valence-electron chi connectivity index (χ1n) is 7.21. The third kappa shape index (κ3) is 5.06. The van der Waals surface area contributed by atoms with Crippen molar-refractivity contribution in [3.05, 3.63) is 35.2 Å². The third-order valence-electron chi connectivity index (χ3n) is 3.17. The summed E-state index contributed by atoms with van der Waals surface area (Å²) in [4.78, 5) is 26.5. The molecule has 0 spiro atoms. The quantitative estimate of drug-likeness (QED) is 0.249. The van der Waals surface area contributed by atoms with Gasteiger partial charge >= 0.3 is 5.97 Å². The van der Waals surface area contributed by atoms with Crippen LogP contribution in [0, 0.1) is 11.2 Å². The number of nitrogens with zero attached hydrogens (tertiary/aromatic N) is 2. The van der Waals surface area contributed by atoms with Crippen molar-refractivity contribution < 1.29 is 27.8 Å². The number of thiazole rings is 1. The number of benzene rings is 1. The summed E-state index contributed by atoms with van der Waals surface area (Å²) in [5.74, 6) is -3.05. The molecule has 0 aliphatic carbocycles. The van der Waals surface area contributed by atoms with E-state index in [-0.39, 0.29) is 35.1 Å². The number of aromatic carboxylic acids is 1. The van der Waals surface area contributed by atoms with Crippen molar-refractivity contribution in [2.45, 2.75) is 12.8 Å². The number of amidine groups is 1. The minimum absolute atomic E-state index is 0.0200. The number of hydrogen-bond acceptors (Lipinski definition) is 6. The van der Waals surface area contributed by atoms with E-state index in [9.17, 15) is 22.7 Å². The molecule has 2 rings (SSSR count). The van der Waals surface area contributed by atoms with Crippen LogP contribution >= 0.6 is 11.3 Å². The predicted octanol–water partition coefficient (Wildman–Crippen LogP) is 1.91. The molecule has 10 nitrogen and oxygen atoms in total. The zero-order chi connectivity index (χ0) is 20.1. The number of carboxylic acids is 1. The van der Waals surface area contributed by atoms with Crippen LogP contribution in [0.25, 0.3) is 0 Å². The normalized spacial score (nSPS) is 11.6. The molecule has 1 heterocycles. The van der Waals surface area contributed by atoms with E-state index >= 15 is 0 Å². The van der Waals surface area contributed by atoms with Crippen molar-refractivity contribution in [1.82, 2.24) is 4.98 Å². The fourth-order valence-electron chi connectivity index (χ4n) is 2.00. The zero-order valence-corrected chi connectivity index (χ0v) is 15.1. The summed E-state index contributed by atoms with van der Waals surface area (Å²) in [6, 6.07) is 3.28. The van der Waals surface area contributed by atoms with Gasteiger partial charge in [-0.3, -0.25) is 14.8 Å². The van der Waals surface area contributed by atoms with Gasteiger partial charge in [-0.2, -0.15) is 0 Å². The molecule has 0 fully saturated rings. The lowest BCUT2D eigenvalue weighted by atomic mass is 10.2. The fourth-order valence-corrected chi connectivity index (χ4v) is 3.56. The molecule has 13 heteroatoms. The molecule has 27 heavy (non-hydrogen) atoms. The van der Waals surface area contributed by atoms with Gasteiger partial charge in [-0.15, -0.1) is 11.3 Å². The molecule has 1 amide bonds. The first kappa shape index (κ1) is 20.4. The second-order valence-electron chi connectivity index (χ2n) is 5.07. The molecule has 0 aliphatic rings. The van der Waals surface area contributed by atoms with E-state index in [1.54, 1.807) is 0 Å². The largest absolute Gasteiger partial charge is 0.476 e. The Kier molecular flexibility index (Phi) is 6.55. The fraction of sp³-hybridized carbons (Fsp3) is 0.143. The van der Waals surface area contributed by atoms with Crippen molar-refractivity contribution >= 4 is 56.7 Å². The van der Waals surface area contributed by atoms with Gasteiger partial charge in [-0.25, -0.2) is 22.7 Å². The molecule has 0 radical (unpaired) electrons. The van der Waals surface area contributed by atoms with Crippen LogP contribution in [0.3, 0.4) is 0 Å². The third-order valence-corrected chi connectivity index (χ3v) is 4.81. The van der Waals surface area contributed by atoms with E-state index in [0.717, 1.165) is 23.5 Å². The highest BCUT2D eigenvalue weighted by Crippen LogP contribution is 2.34. The maximum absolute atomic E-state index is 14.3. The summed E-state index contributed by atoms with van der Waals surface area (Å²) < 4.78 is 36.2. The molecule has 0 bridgehead atoms. The summed E-state index contributed by atoms with van der Waals surface area (Å²) in [5, 5.41) is 18.3. The summed E-state index contributed by atoms with van der Waals surface area (Å²) in [7, 11) is 0. The van der Waals surface area contributed by atoms with Crippen LogP contribution in [-0.2, 0) is 16.1 Å². The van der Waals surface area contributed by atoms with Crippen molar-refractivity contribution in [2.24, 2.45) is 5.73 Å². The number of nitrogens with one attached hydrogen (secondary N) is 2. The van der Waals surface area contributed by atoms with Crippen molar-refractivity contribution in [3.63, 3.8) is 0 Å². The first-order valence-corrected chi connectivity index (χ1v) is 9.15. The Morgan fingerprint density at radius 3 is 2.67 bits per heavy atom. The number of aromatic nitrogens is 1. The molecule has 0 aliphatic heterocycles. The van der Waals surface area contributed by atoms with E-state index in [2.05, 4.69) is 10.3 Å². The summed E-state index contributed by atoms with van der Waals surface area (Å²) in [6.07, 6.45) is -0.0850. The predicted molar refractivity (Wildman–Crippen MR) is 98.2 cm³/mol. The second-order valence-corrected chi connectivity index (χ2v) is 6.73. The maximum atomic E-state index is 14.3. The molecule has 1 aromatic carbocycles. The van der Waals surface area contributed by atoms with Crippen LogP contribution in [0.2, 0.25) is 0 Å². The molecule has 1 atom stereocenters. The minimum Gasteiger partial charge on any atom is -0.476 e. The lowest BCUT2D eigenvalue weighted by molar-refractivity contribution is -0.116. The lowest BCUT2D eigenvalue weighted by Crippen LogP contribution is -2.21. The SMILES string of the molecule is N=C(N)CCC(=O)Nc1ccc(N(c2scnc2C(=O)O)S(=O)O)cc1F. The molecular weight excluding hydrogens is 401 g/mol. The van der Waals surface area contributed by atoms with Crippen LogP contribution in [0.5, 0.6) is 0 Å². The Morgan fingerprint density at radius 2 is 2.11 bits per heavy atom. The van der Waals surface area contributed by atoms with Crippen molar-refractivity contribution in [2.75, 3.05) is 9.62 Å². The molecule has 6 N–H and O–H groups in total. The van der Waals surface area contributed by atoms with Crippen LogP contribution in [-0.4, -0.2) is 36.6 Å². The molecule has 0 saturated carbocycles. The number of halogens is 1. The van der Waals surface area contributed by atoms with E-state index in [1.807, 2.05) is 0 Å².